The van der Waals surface area contributed by atoms with Gasteiger partial charge in [-0.15, -0.1) is 0 Å². The first kappa shape index (κ1) is 44.5. The van der Waals surface area contributed by atoms with Crippen LogP contribution in [0.3, 0.4) is 0 Å². The lowest BCUT2D eigenvalue weighted by Crippen LogP contribution is -2.10. The van der Waals surface area contributed by atoms with Crippen LogP contribution in [0.2, 0.25) is 0 Å². The van der Waals surface area contributed by atoms with Crippen molar-refractivity contribution in [3.05, 3.63) is 12.2 Å². The van der Waals surface area contributed by atoms with Crippen molar-refractivity contribution in [2.24, 2.45) is 0 Å². The Kier molecular flexibility index (Phi) is 44.8. The molecule has 5 nitrogen and oxygen atoms in total. The summed E-state index contributed by atoms with van der Waals surface area (Å²) < 4.78 is 5.08. The molecule has 0 saturated carbocycles. The van der Waals surface area contributed by atoms with E-state index in [4.69, 9.17) is 20.1 Å². The third-order valence-corrected chi connectivity index (χ3v) is 6.79. The number of hydrogen-bond donors (Lipinski definition) is 3. The van der Waals surface area contributed by atoms with Gasteiger partial charge in [-0.2, -0.15) is 0 Å². The van der Waals surface area contributed by atoms with E-state index < -0.39 is 6.10 Å². The van der Waals surface area contributed by atoms with Crippen LogP contribution in [0.25, 0.3) is 0 Å². The van der Waals surface area contributed by atoms with Gasteiger partial charge in [-0.05, 0) is 59.3 Å². The third-order valence-electron chi connectivity index (χ3n) is 6.79. The van der Waals surface area contributed by atoms with Crippen molar-refractivity contribution in [1.82, 2.24) is 0 Å². The molecule has 0 rings (SSSR count). The third kappa shape index (κ3) is 52.2. The number of allylic oxidation sites excluding steroid dienone is 2. The van der Waals surface area contributed by atoms with Crippen molar-refractivity contribution in [3.8, 4) is 0 Å². The van der Waals surface area contributed by atoms with Crippen LogP contribution < -0.4 is 0 Å². The number of esters is 1. The number of hydrogen-bond acceptors (Lipinski definition) is 5. The van der Waals surface area contributed by atoms with Gasteiger partial charge in [0.2, 0.25) is 0 Å². The molecule has 0 bridgehead atoms. The maximum Gasteiger partial charge on any atom is 0.306 e. The van der Waals surface area contributed by atoms with Crippen molar-refractivity contribution in [2.45, 2.75) is 201 Å². The zero-order valence-corrected chi connectivity index (χ0v) is 28.4. The normalized spacial score (nSPS) is 11.6. The Balaban J connectivity index is -0.000000606. The second kappa shape index (κ2) is 41.2. The molecule has 0 amide bonds. The van der Waals surface area contributed by atoms with E-state index in [1.54, 1.807) is 0 Å². The molecule has 0 aromatic carbocycles. The maximum atomic E-state index is 11.2. The maximum absolute atomic E-state index is 11.2. The quantitative estimate of drug-likeness (QED) is 0.0506. The first-order valence-corrected chi connectivity index (χ1v) is 17.6. The SMILES string of the molecule is CC(O)CO.CCCCCCCC/C=C\CCCCCCCCO.CCCCCCCCCCCC(=O)OC(C)C. The summed E-state index contributed by atoms with van der Waals surface area (Å²) in [6.07, 6.45) is 34.8. The predicted octanol–water partition coefficient (Wildman–Crippen LogP) is 10.2. The standard InChI is InChI=1S/C18H36O.C15H30O2.C3H8O2/c1-2-3-4-5-6-7-8-9-10-11-12-13-14-15-16-17-18-19;1-4-5-6-7-8-9-10-11-12-13-15(16)17-14(2)3;1-3(5)2-4/h9-10,19H,2-8,11-18H2,1H3;14H,4-13H2,1-3H3;3-5H,2H2,1H3/b10-9-;;. The molecule has 248 valence electrons. The summed E-state index contributed by atoms with van der Waals surface area (Å²) in [7, 11) is 0. The van der Waals surface area contributed by atoms with E-state index in [1.807, 2.05) is 13.8 Å². The minimum absolute atomic E-state index is 0.0288. The zero-order chi connectivity index (χ0) is 31.2. The molecule has 0 aliphatic rings. The van der Waals surface area contributed by atoms with Gasteiger partial charge in [-0.1, -0.05) is 135 Å². The highest BCUT2D eigenvalue weighted by atomic mass is 16.5. The summed E-state index contributed by atoms with van der Waals surface area (Å²) in [5.74, 6) is -0.0389. The van der Waals surface area contributed by atoms with E-state index in [1.165, 1.54) is 142 Å². The molecule has 0 saturated heterocycles. The zero-order valence-electron chi connectivity index (χ0n) is 28.4. The van der Waals surface area contributed by atoms with Crippen LogP contribution in [-0.4, -0.2) is 46.7 Å². The average molecular weight is 587 g/mol. The van der Waals surface area contributed by atoms with Crippen LogP contribution in [0.15, 0.2) is 12.2 Å². The van der Waals surface area contributed by atoms with Crippen molar-refractivity contribution in [2.75, 3.05) is 13.2 Å². The van der Waals surface area contributed by atoms with Gasteiger partial charge in [-0.3, -0.25) is 4.79 Å². The predicted molar refractivity (Wildman–Crippen MR) is 178 cm³/mol. The van der Waals surface area contributed by atoms with Crippen LogP contribution in [0, 0.1) is 0 Å². The molecule has 3 N–H and O–H groups in total. The fourth-order valence-corrected chi connectivity index (χ4v) is 4.26. The topological polar surface area (TPSA) is 87.0 Å². The molecule has 0 aromatic rings. The van der Waals surface area contributed by atoms with Gasteiger partial charge in [0.15, 0.2) is 0 Å². The van der Waals surface area contributed by atoms with Crippen LogP contribution in [-0.2, 0) is 9.53 Å². The summed E-state index contributed by atoms with van der Waals surface area (Å²) in [5.41, 5.74) is 0. The minimum atomic E-state index is -0.560. The lowest BCUT2D eigenvalue weighted by Gasteiger charge is -2.07. The van der Waals surface area contributed by atoms with Crippen molar-refractivity contribution >= 4 is 5.97 Å². The number of carbonyl (C=O) groups is 1. The van der Waals surface area contributed by atoms with E-state index in [0.717, 1.165) is 12.8 Å². The Morgan fingerprint density at radius 1 is 0.585 bits per heavy atom. The largest absolute Gasteiger partial charge is 0.463 e. The molecular formula is C36H74O5. The Morgan fingerprint density at radius 3 is 1.27 bits per heavy atom. The number of ether oxygens (including phenoxy) is 1. The lowest BCUT2D eigenvalue weighted by molar-refractivity contribution is -0.147. The van der Waals surface area contributed by atoms with Crippen LogP contribution in [0.5, 0.6) is 0 Å². The highest BCUT2D eigenvalue weighted by molar-refractivity contribution is 5.69. The molecule has 0 aliphatic carbocycles. The minimum Gasteiger partial charge on any atom is -0.463 e. The van der Waals surface area contributed by atoms with Crippen LogP contribution >= 0.6 is 0 Å². The summed E-state index contributed by atoms with van der Waals surface area (Å²) in [4.78, 5) is 11.2. The van der Waals surface area contributed by atoms with Crippen molar-refractivity contribution in [1.29, 1.82) is 0 Å². The van der Waals surface area contributed by atoms with E-state index in [0.29, 0.717) is 13.0 Å². The fourth-order valence-electron chi connectivity index (χ4n) is 4.26. The van der Waals surface area contributed by atoms with Gasteiger partial charge >= 0.3 is 5.97 Å². The Labute approximate surface area is 256 Å². The van der Waals surface area contributed by atoms with Crippen LogP contribution in [0.1, 0.15) is 189 Å². The molecule has 0 heterocycles. The number of rotatable bonds is 27. The van der Waals surface area contributed by atoms with Gasteiger partial charge in [-0.25, -0.2) is 0 Å². The molecule has 1 atom stereocenters. The van der Waals surface area contributed by atoms with Gasteiger partial charge in [0.05, 0.1) is 18.8 Å². The van der Waals surface area contributed by atoms with Gasteiger partial charge < -0.3 is 20.1 Å². The summed E-state index contributed by atoms with van der Waals surface area (Å²) in [5, 5.41) is 24.7. The first-order valence-electron chi connectivity index (χ1n) is 17.6. The molecule has 1 unspecified atom stereocenters. The van der Waals surface area contributed by atoms with Gasteiger partial charge in [0.25, 0.3) is 0 Å². The summed E-state index contributed by atoms with van der Waals surface area (Å²) >= 11 is 0. The number of unbranched alkanes of at least 4 members (excludes halogenated alkanes) is 20. The first-order chi connectivity index (χ1) is 19.8. The number of aliphatic hydroxyl groups excluding tert-OH is 3. The highest BCUT2D eigenvalue weighted by Gasteiger charge is 2.04. The molecule has 5 heteroatoms. The molecular weight excluding hydrogens is 512 g/mol. The molecule has 0 aromatic heterocycles. The van der Waals surface area contributed by atoms with E-state index in [2.05, 4.69) is 26.0 Å². The Hall–Kier alpha value is -0.910. The Morgan fingerprint density at radius 2 is 0.927 bits per heavy atom. The number of aliphatic hydroxyl groups is 3. The second-order valence-corrected chi connectivity index (χ2v) is 11.8. The molecule has 0 radical (unpaired) electrons. The fraction of sp³-hybridized carbons (Fsp3) is 0.917. The van der Waals surface area contributed by atoms with E-state index in [-0.39, 0.29) is 18.7 Å². The van der Waals surface area contributed by atoms with Gasteiger partial charge in [0.1, 0.15) is 0 Å². The summed E-state index contributed by atoms with van der Waals surface area (Å²) in [6, 6.07) is 0. The molecule has 0 spiro atoms. The average Bonchev–Trinajstić information content (AvgIpc) is 2.94. The Bertz CT molecular complexity index is 490. The van der Waals surface area contributed by atoms with Gasteiger partial charge in [0, 0.05) is 13.0 Å². The monoisotopic (exact) mass is 587 g/mol. The van der Waals surface area contributed by atoms with Crippen molar-refractivity contribution < 1.29 is 24.9 Å². The lowest BCUT2D eigenvalue weighted by atomic mass is 10.1. The number of carbonyl (C=O) groups excluding carboxylic acids is 1. The molecule has 41 heavy (non-hydrogen) atoms. The summed E-state index contributed by atoms with van der Waals surface area (Å²) in [6.45, 7) is 10.1. The van der Waals surface area contributed by atoms with E-state index >= 15 is 0 Å². The van der Waals surface area contributed by atoms with Crippen LogP contribution in [0.4, 0.5) is 0 Å². The van der Waals surface area contributed by atoms with E-state index in [9.17, 15) is 4.79 Å². The van der Waals surface area contributed by atoms with Crippen molar-refractivity contribution in [3.63, 3.8) is 0 Å². The highest BCUT2D eigenvalue weighted by Crippen LogP contribution is 2.11. The molecule has 0 fully saturated rings. The second-order valence-electron chi connectivity index (χ2n) is 11.8. The smallest absolute Gasteiger partial charge is 0.306 e. The molecule has 0 aliphatic heterocycles.